The topological polar surface area (TPSA) is 73.9 Å². The van der Waals surface area contributed by atoms with Crippen LogP contribution >= 0.6 is 0 Å². The normalized spacial score (nSPS) is 10.5. The van der Waals surface area contributed by atoms with Crippen molar-refractivity contribution in [2.75, 3.05) is 12.3 Å². The van der Waals surface area contributed by atoms with Gasteiger partial charge in [0.1, 0.15) is 5.82 Å². The molecule has 0 amide bonds. The first kappa shape index (κ1) is 15.7. The minimum atomic E-state index is -0.298. The van der Waals surface area contributed by atoms with Crippen molar-refractivity contribution >= 4 is 17.0 Å². The molecule has 0 saturated heterocycles. The van der Waals surface area contributed by atoms with Crippen LogP contribution in [-0.2, 0) is 0 Å². The van der Waals surface area contributed by atoms with Gasteiger partial charge in [-0.2, -0.15) is 4.98 Å². The molecule has 0 fully saturated rings. The number of pyridine rings is 1. The fraction of sp³-hybridized carbons (Fsp3) is 0.167. The minimum absolute atomic E-state index is 0.116. The maximum Gasteiger partial charge on any atom is 0.245 e. The Kier molecular flexibility index (Phi) is 4.52. The Morgan fingerprint density at radius 2 is 1.88 bits per heavy atom. The lowest BCUT2D eigenvalue weighted by atomic mass is 10.1. The van der Waals surface area contributed by atoms with Crippen molar-refractivity contribution in [2.24, 2.45) is 0 Å². The van der Waals surface area contributed by atoms with Crippen molar-refractivity contribution in [2.45, 2.75) is 12.8 Å². The number of ether oxygens (including phenoxy) is 1. The molecule has 2 N–H and O–H groups in total. The molecule has 2 aromatic heterocycles. The Hall–Kier alpha value is -3.20. The molecule has 120 valence electrons. The third kappa shape index (κ3) is 3.41. The summed E-state index contributed by atoms with van der Waals surface area (Å²) in [5, 5.41) is 0. The first-order valence-electron chi connectivity index (χ1n) is 7.44. The van der Waals surface area contributed by atoms with Gasteiger partial charge in [-0.05, 0) is 42.8 Å². The van der Waals surface area contributed by atoms with Crippen LogP contribution < -0.4 is 10.5 Å². The lowest BCUT2D eigenvalue weighted by molar-refractivity contribution is 0.304. The molecule has 24 heavy (non-hydrogen) atoms. The van der Waals surface area contributed by atoms with E-state index in [1.165, 1.54) is 12.1 Å². The van der Waals surface area contributed by atoms with Crippen LogP contribution in [0.4, 0.5) is 10.3 Å². The first-order valence-corrected chi connectivity index (χ1v) is 7.44. The van der Waals surface area contributed by atoms with Gasteiger partial charge in [0.25, 0.3) is 0 Å². The van der Waals surface area contributed by atoms with Crippen LogP contribution in [0, 0.1) is 18.2 Å². The van der Waals surface area contributed by atoms with E-state index >= 15 is 0 Å². The molecule has 0 spiro atoms. The Morgan fingerprint density at radius 1 is 1.08 bits per heavy atom. The van der Waals surface area contributed by atoms with Crippen LogP contribution in [0.5, 0.6) is 5.88 Å². The lowest BCUT2D eigenvalue weighted by Gasteiger charge is -2.09. The molecule has 5 nitrogen and oxygen atoms in total. The number of hydrogen-bond donors (Lipinski definition) is 1. The quantitative estimate of drug-likeness (QED) is 0.577. The van der Waals surface area contributed by atoms with Gasteiger partial charge in [0, 0.05) is 12.0 Å². The summed E-state index contributed by atoms with van der Waals surface area (Å²) >= 11 is 0. The predicted octanol–water partition coefficient (Wildman–Crippen LogP) is 3.21. The number of nitrogens with two attached hydrogens (primary N) is 1. The molecular formula is C18H15FN4O. The van der Waals surface area contributed by atoms with Gasteiger partial charge in [-0.1, -0.05) is 0 Å². The van der Waals surface area contributed by atoms with Gasteiger partial charge in [0.2, 0.25) is 11.8 Å². The summed E-state index contributed by atoms with van der Waals surface area (Å²) in [6.07, 6.45) is 6.55. The van der Waals surface area contributed by atoms with E-state index in [9.17, 15) is 4.39 Å². The largest absolute Gasteiger partial charge is 0.476 e. The molecule has 2 heterocycles. The summed E-state index contributed by atoms with van der Waals surface area (Å²) in [6.45, 7) is 0.415. The van der Waals surface area contributed by atoms with E-state index in [1.807, 2.05) is 0 Å². The lowest BCUT2D eigenvalue weighted by Crippen LogP contribution is -2.04. The maximum absolute atomic E-state index is 13.1. The summed E-state index contributed by atoms with van der Waals surface area (Å²) in [6, 6.07) is 9.68. The van der Waals surface area contributed by atoms with E-state index in [0.717, 1.165) is 5.56 Å². The Morgan fingerprint density at radius 3 is 2.62 bits per heavy atom. The number of anilines is 1. The second-order valence-corrected chi connectivity index (χ2v) is 5.11. The van der Waals surface area contributed by atoms with Crippen molar-refractivity contribution in [3.05, 3.63) is 42.2 Å². The summed E-state index contributed by atoms with van der Waals surface area (Å²) in [7, 11) is 0. The minimum Gasteiger partial charge on any atom is -0.476 e. The van der Waals surface area contributed by atoms with Crippen LogP contribution in [0.25, 0.3) is 22.3 Å². The number of nitrogens with zero attached hydrogens (tertiary/aromatic N) is 3. The molecule has 1 aromatic carbocycles. The molecular weight excluding hydrogens is 307 g/mol. The summed E-state index contributed by atoms with van der Waals surface area (Å²) in [5.74, 6) is 2.69. The van der Waals surface area contributed by atoms with Crippen LogP contribution in [0.2, 0.25) is 0 Å². The highest BCUT2D eigenvalue weighted by atomic mass is 19.1. The van der Waals surface area contributed by atoms with Crippen molar-refractivity contribution in [3.63, 3.8) is 0 Å². The standard InChI is InChI=1S/C18H15FN4O/c1-2-3-4-11-24-17-16-15(22-18(20)23-17)10-9-14(21-16)12-5-7-13(19)8-6-12/h1,5-10H,3-4,11H2,(H2,20,22,23). The second kappa shape index (κ2) is 6.92. The molecule has 0 aliphatic rings. The van der Waals surface area contributed by atoms with Crippen LogP contribution in [0.1, 0.15) is 12.8 Å². The predicted molar refractivity (Wildman–Crippen MR) is 90.7 cm³/mol. The zero-order valence-electron chi connectivity index (χ0n) is 12.9. The number of benzene rings is 1. The van der Waals surface area contributed by atoms with Crippen LogP contribution in [0.15, 0.2) is 36.4 Å². The van der Waals surface area contributed by atoms with Crippen molar-refractivity contribution in [1.82, 2.24) is 15.0 Å². The van der Waals surface area contributed by atoms with E-state index < -0.39 is 0 Å². The zero-order chi connectivity index (χ0) is 16.9. The van der Waals surface area contributed by atoms with Crippen LogP contribution in [0.3, 0.4) is 0 Å². The molecule has 0 atom stereocenters. The van der Waals surface area contributed by atoms with Crippen LogP contribution in [-0.4, -0.2) is 21.6 Å². The summed E-state index contributed by atoms with van der Waals surface area (Å²) in [5.41, 5.74) is 8.26. The van der Waals surface area contributed by atoms with Gasteiger partial charge in [-0.25, -0.2) is 14.4 Å². The van der Waals surface area contributed by atoms with E-state index in [0.29, 0.717) is 42.1 Å². The number of rotatable bonds is 5. The Labute approximate surface area is 138 Å². The molecule has 0 saturated carbocycles. The van der Waals surface area contributed by atoms with Crippen molar-refractivity contribution in [3.8, 4) is 29.5 Å². The number of nitrogen functional groups attached to an aromatic ring is 1. The molecule has 0 aliphatic carbocycles. The van der Waals surface area contributed by atoms with Gasteiger partial charge in [-0.3, -0.25) is 0 Å². The Balaban J connectivity index is 1.98. The van der Waals surface area contributed by atoms with E-state index in [4.69, 9.17) is 16.9 Å². The first-order chi connectivity index (χ1) is 11.7. The van der Waals surface area contributed by atoms with E-state index in [1.54, 1.807) is 24.3 Å². The van der Waals surface area contributed by atoms with Crippen molar-refractivity contribution < 1.29 is 9.13 Å². The summed E-state index contributed by atoms with van der Waals surface area (Å²) in [4.78, 5) is 12.8. The number of unbranched alkanes of at least 4 members (excludes halogenated alkanes) is 1. The fourth-order valence-electron chi connectivity index (χ4n) is 2.23. The third-order valence-electron chi connectivity index (χ3n) is 3.37. The highest BCUT2D eigenvalue weighted by Crippen LogP contribution is 2.26. The average Bonchev–Trinajstić information content (AvgIpc) is 2.59. The molecule has 0 radical (unpaired) electrons. The van der Waals surface area contributed by atoms with Gasteiger partial charge < -0.3 is 10.5 Å². The zero-order valence-corrected chi connectivity index (χ0v) is 12.9. The maximum atomic E-state index is 13.1. The smallest absolute Gasteiger partial charge is 0.245 e. The summed E-state index contributed by atoms with van der Waals surface area (Å²) < 4.78 is 18.7. The Bertz CT molecular complexity index is 903. The van der Waals surface area contributed by atoms with Gasteiger partial charge >= 0.3 is 0 Å². The van der Waals surface area contributed by atoms with Gasteiger partial charge in [-0.15, -0.1) is 12.3 Å². The molecule has 0 aliphatic heterocycles. The second-order valence-electron chi connectivity index (χ2n) is 5.11. The molecule has 3 aromatic rings. The average molecular weight is 322 g/mol. The fourth-order valence-corrected chi connectivity index (χ4v) is 2.23. The number of halogens is 1. The van der Waals surface area contributed by atoms with Gasteiger partial charge in [0.15, 0.2) is 5.52 Å². The molecule has 0 unspecified atom stereocenters. The number of aromatic nitrogens is 3. The third-order valence-corrected chi connectivity index (χ3v) is 3.37. The molecule has 6 heteroatoms. The molecule has 0 bridgehead atoms. The van der Waals surface area contributed by atoms with Gasteiger partial charge in [0.05, 0.1) is 17.8 Å². The van der Waals surface area contributed by atoms with Crippen molar-refractivity contribution in [1.29, 1.82) is 0 Å². The highest BCUT2D eigenvalue weighted by Gasteiger charge is 2.11. The number of hydrogen-bond acceptors (Lipinski definition) is 5. The van der Waals surface area contributed by atoms with E-state index in [-0.39, 0.29) is 11.8 Å². The molecule has 3 rings (SSSR count). The number of terminal acetylenes is 1. The highest BCUT2D eigenvalue weighted by molar-refractivity contribution is 5.83. The number of fused-ring (bicyclic) bond motifs is 1. The monoisotopic (exact) mass is 322 g/mol. The van der Waals surface area contributed by atoms with E-state index in [2.05, 4.69) is 20.9 Å². The SMILES string of the molecule is C#CCCCOc1nc(N)nc2ccc(-c3ccc(F)cc3)nc12.